The zero-order chi connectivity index (χ0) is 5.21. The van der Waals surface area contributed by atoms with E-state index in [-0.39, 0.29) is 5.60 Å². The second-order valence-corrected chi connectivity index (χ2v) is 2.21. The molecule has 35 valence electrons. The van der Waals surface area contributed by atoms with E-state index < -0.39 is 0 Å². The van der Waals surface area contributed by atoms with E-state index in [0.717, 1.165) is 0 Å². The summed E-state index contributed by atoms with van der Waals surface area (Å²) in [4.78, 5) is 0. The highest BCUT2D eigenvalue weighted by Crippen LogP contribution is 2.03. The van der Waals surface area contributed by atoms with Crippen LogP contribution in [-0.4, -0.2) is 5.60 Å². The van der Waals surface area contributed by atoms with Crippen LogP contribution in [0.3, 0.4) is 0 Å². The summed E-state index contributed by atoms with van der Waals surface area (Å²) < 4.78 is 4.19. The zero-order valence-corrected chi connectivity index (χ0v) is 4.41. The van der Waals surface area contributed by atoms with Crippen LogP contribution in [0.5, 0.6) is 0 Å². The average Bonchev–Trinajstić information content (AvgIpc) is 1.35. The lowest BCUT2D eigenvalue weighted by Gasteiger charge is -2.12. The van der Waals surface area contributed by atoms with Gasteiger partial charge in [-0.25, -0.2) is 0 Å². The normalized spacial score (nSPS) is 12.0. The summed E-state index contributed by atoms with van der Waals surface area (Å²) >= 11 is 0. The number of hydrogen-bond donors (Lipinski definition) is 0. The first-order chi connectivity index (χ1) is 2.56. The summed E-state index contributed by atoms with van der Waals surface area (Å²) in [7, 11) is 6.35. The second-order valence-electron chi connectivity index (χ2n) is 2.21. The van der Waals surface area contributed by atoms with Gasteiger partial charge >= 0.3 is 0 Å². The van der Waals surface area contributed by atoms with Gasteiger partial charge in [0.15, 0.2) is 7.11 Å². The van der Waals surface area contributed by atoms with Gasteiger partial charge in [0.25, 0.3) is 0 Å². The summed E-state index contributed by atoms with van der Waals surface area (Å²) in [6.07, 6.45) is 0. The standard InChI is InChI=1S/C5H9O/c1-5(2,3)6-4/h1-3H3/i4-11. The molecule has 0 aromatic rings. The number of ether oxygens (including phenoxy) is 1. The third-order valence-corrected chi connectivity index (χ3v) is 0.306. The van der Waals surface area contributed by atoms with Gasteiger partial charge < -0.3 is 4.74 Å². The Labute approximate surface area is 39.3 Å². The maximum atomic E-state index is 6.35. The van der Waals surface area contributed by atoms with Crippen LogP contribution < -0.4 is 0 Å². The lowest BCUT2D eigenvalue weighted by atomic mass is 0.933. The molecule has 1 nitrogen and oxygen atoms in total. The lowest BCUT2D eigenvalue weighted by Crippen LogP contribution is -2.14. The van der Waals surface area contributed by atoms with Gasteiger partial charge in [-0.05, 0) is 20.8 Å². The SMILES string of the molecule is CC(C)(C)O[1C]. The Morgan fingerprint density at radius 3 is 1.50 bits per heavy atom. The molecule has 0 saturated heterocycles. The van der Waals surface area contributed by atoms with Crippen molar-refractivity contribution in [1.82, 2.24) is 0 Å². The maximum absolute atomic E-state index is 6.35. The molecule has 0 amide bonds. The summed E-state index contributed by atoms with van der Waals surface area (Å²) in [6, 6.07) is 0. The van der Waals surface area contributed by atoms with E-state index in [1.807, 2.05) is 20.8 Å². The molecule has 0 rings (SSSR count). The van der Waals surface area contributed by atoms with Crippen LogP contribution in [0.2, 0.25) is 0 Å². The largest absolute Gasteiger partial charge is 0.360 e. The molecule has 0 bridgehead atoms. The van der Waals surface area contributed by atoms with Crippen molar-refractivity contribution in [2.45, 2.75) is 26.4 Å². The van der Waals surface area contributed by atoms with Crippen LogP contribution in [0, 0.1) is 7.11 Å². The fraction of sp³-hybridized carbons (Fsp3) is 0.800. The molecule has 0 aliphatic heterocycles. The van der Waals surface area contributed by atoms with Crippen LogP contribution in [0.25, 0.3) is 0 Å². The Morgan fingerprint density at radius 2 is 1.50 bits per heavy atom. The van der Waals surface area contributed by atoms with Gasteiger partial charge in [-0.15, -0.1) is 0 Å². The molecular formula is C5H9O. The van der Waals surface area contributed by atoms with Gasteiger partial charge in [0, 0.05) is 0 Å². The van der Waals surface area contributed by atoms with Crippen LogP contribution in [0.1, 0.15) is 20.8 Å². The van der Waals surface area contributed by atoms with E-state index in [1.165, 1.54) is 0 Å². The molecule has 0 spiro atoms. The zero-order valence-electron chi connectivity index (χ0n) is 4.41. The Bertz CT molecular complexity index is 33.7. The summed E-state index contributed by atoms with van der Waals surface area (Å²) in [5.41, 5.74) is -0.292. The molecule has 0 unspecified atom stereocenters. The fourth-order valence-corrected chi connectivity index (χ4v) is 0. The minimum atomic E-state index is -0.292. The van der Waals surface area contributed by atoms with Gasteiger partial charge in [0.2, 0.25) is 0 Å². The van der Waals surface area contributed by atoms with Gasteiger partial charge in [0.1, 0.15) is 0 Å². The van der Waals surface area contributed by atoms with Crippen molar-refractivity contribution in [3.8, 4) is 0 Å². The van der Waals surface area contributed by atoms with Crippen molar-refractivity contribution in [3.63, 3.8) is 0 Å². The van der Waals surface area contributed by atoms with Crippen LogP contribution in [0.15, 0.2) is 0 Å². The minimum Gasteiger partial charge on any atom is -0.360 e. The number of hydrogen-bond acceptors (Lipinski definition) is 1. The Hall–Kier alpha value is -0.0400. The van der Waals surface area contributed by atoms with E-state index >= 15 is 0 Å². The van der Waals surface area contributed by atoms with Crippen molar-refractivity contribution in [2.75, 3.05) is 0 Å². The van der Waals surface area contributed by atoms with Gasteiger partial charge in [-0.3, -0.25) is 0 Å². The molecule has 0 aromatic carbocycles. The Morgan fingerprint density at radius 1 is 1.33 bits per heavy atom. The van der Waals surface area contributed by atoms with Crippen molar-refractivity contribution < 1.29 is 4.74 Å². The van der Waals surface area contributed by atoms with Crippen LogP contribution >= 0.6 is 0 Å². The van der Waals surface area contributed by atoms with E-state index in [2.05, 4.69) is 4.74 Å². The Balaban J connectivity index is 3.17. The summed E-state index contributed by atoms with van der Waals surface area (Å²) in [5.74, 6) is 0. The third kappa shape index (κ3) is 3.96. The molecule has 0 aromatic heterocycles. The fourth-order valence-electron chi connectivity index (χ4n) is 0. The molecule has 0 N–H and O–H groups in total. The second kappa shape index (κ2) is 1.61. The van der Waals surface area contributed by atoms with E-state index in [1.54, 1.807) is 0 Å². The van der Waals surface area contributed by atoms with Crippen molar-refractivity contribution in [2.24, 2.45) is 0 Å². The highest BCUT2D eigenvalue weighted by atomic mass is 16.3. The molecule has 0 fully saturated rings. The molecule has 6 heavy (non-hydrogen) atoms. The van der Waals surface area contributed by atoms with E-state index in [9.17, 15) is 0 Å². The van der Waals surface area contributed by atoms with Gasteiger partial charge in [-0.1, -0.05) is 0 Å². The predicted molar refractivity (Wildman–Crippen MR) is 24.1 cm³/mol. The molecule has 1 heteroatoms. The quantitative estimate of drug-likeness (QED) is 0.421. The highest BCUT2D eigenvalue weighted by Gasteiger charge is 2.04. The first-order valence-electron chi connectivity index (χ1n) is 1.91. The molecule has 3 radical (unpaired) electrons. The summed E-state index contributed by atoms with van der Waals surface area (Å²) in [6.45, 7) is 5.50. The van der Waals surface area contributed by atoms with Crippen LogP contribution in [0.4, 0.5) is 0 Å². The van der Waals surface area contributed by atoms with E-state index in [0.29, 0.717) is 0 Å². The first kappa shape index (κ1) is 5.96. The monoisotopic (exact) mass is 74.1 g/mol. The van der Waals surface area contributed by atoms with Crippen LogP contribution in [-0.2, 0) is 4.74 Å². The maximum Gasteiger partial charge on any atom is 0.174 e. The van der Waals surface area contributed by atoms with Crippen molar-refractivity contribution in [1.29, 1.82) is 0 Å². The predicted octanol–water partition coefficient (Wildman–Crippen LogP) is 1.35. The number of rotatable bonds is 0. The summed E-state index contributed by atoms with van der Waals surface area (Å²) in [5, 5.41) is 0. The van der Waals surface area contributed by atoms with Crippen molar-refractivity contribution >= 4 is 0 Å². The molecule has 0 aliphatic rings. The van der Waals surface area contributed by atoms with Crippen molar-refractivity contribution in [3.05, 3.63) is 7.11 Å². The minimum absolute atomic E-state index is 0.292. The van der Waals surface area contributed by atoms with E-state index in [4.69, 9.17) is 7.11 Å². The molecular weight excluding hydrogens is 65.0 g/mol. The molecule has 0 aliphatic carbocycles. The molecule has 0 saturated carbocycles. The van der Waals surface area contributed by atoms with Gasteiger partial charge in [0.05, 0.1) is 5.60 Å². The third-order valence-electron chi connectivity index (χ3n) is 0.306. The smallest absolute Gasteiger partial charge is 0.174 e. The van der Waals surface area contributed by atoms with Gasteiger partial charge in [-0.2, -0.15) is 0 Å². The Kier molecular flexibility index (Phi) is 1.59. The molecule has 0 atom stereocenters. The molecule has 0 heterocycles. The lowest BCUT2D eigenvalue weighted by molar-refractivity contribution is 0.0709. The highest BCUT2D eigenvalue weighted by molar-refractivity contribution is 4.56. The first-order valence-corrected chi connectivity index (χ1v) is 1.91. The topological polar surface area (TPSA) is 9.23 Å². The average molecular weight is 74.1 g/mol.